The summed E-state index contributed by atoms with van der Waals surface area (Å²) in [6.45, 7) is 1.67. The average Bonchev–Trinajstić information content (AvgIpc) is 2.64. The van der Waals surface area contributed by atoms with Crippen LogP contribution < -0.4 is 0 Å². The lowest BCUT2D eigenvalue weighted by molar-refractivity contribution is 0.599. The van der Waals surface area contributed by atoms with Crippen LogP contribution in [0.1, 0.15) is 5.56 Å². The molecule has 0 aromatic heterocycles. The summed E-state index contributed by atoms with van der Waals surface area (Å²) >= 11 is 0. The van der Waals surface area contributed by atoms with E-state index in [-0.39, 0.29) is 21.2 Å². The standard InChI is InChI=1S/C19H14F2N2O4S2/c1-13-2-11-18(22-28(24,25)16-7-3-14(20)4-8-16)19(12-13)23-29(26,27)17-9-5-15(21)6-10-17/h2-12H,1H3/q-2. The summed E-state index contributed by atoms with van der Waals surface area (Å²) < 4.78 is 83.5. The van der Waals surface area contributed by atoms with Crippen LogP contribution in [-0.4, -0.2) is 16.8 Å². The van der Waals surface area contributed by atoms with E-state index in [1.807, 2.05) is 0 Å². The van der Waals surface area contributed by atoms with Crippen molar-refractivity contribution < 1.29 is 25.6 Å². The van der Waals surface area contributed by atoms with Crippen LogP contribution >= 0.6 is 0 Å². The van der Waals surface area contributed by atoms with Crippen LogP contribution in [0.2, 0.25) is 0 Å². The predicted molar refractivity (Wildman–Crippen MR) is 104 cm³/mol. The van der Waals surface area contributed by atoms with Crippen molar-refractivity contribution in [2.45, 2.75) is 16.7 Å². The van der Waals surface area contributed by atoms with Crippen molar-refractivity contribution in [1.29, 1.82) is 0 Å². The predicted octanol–water partition coefficient (Wildman–Crippen LogP) is 5.06. The molecule has 6 nitrogen and oxygen atoms in total. The zero-order valence-electron chi connectivity index (χ0n) is 15.0. The molecule has 3 rings (SSSR count). The Balaban J connectivity index is 1.96. The Morgan fingerprint density at radius 2 is 1.03 bits per heavy atom. The van der Waals surface area contributed by atoms with Gasteiger partial charge in [-0.05, 0) is 55.5 Å². The van der Waals surface area contributed by atoms with E-state index in [2.05, 4.69) is 9.44 Å². The van der Waals surface area contributed by atoms with Gasteiger partial charge in [-0.2, -0.15) is 0 Å². The quantitative estimate of drug-likeness (QED) is 0.539. The first-order valence-electron chi connectivity index (χ1n) is 8.15. The van der Waals surface area contributed by atoms with Crippen molar-refractivity contribution in [3.63, 3.8) is 0 Å². The molecule has 0 aliphatic carbocycles. The monoisotopic (exact) mass is 436 g/mol. The number of nitrogens with zero attached hydrogens (tertiary/aromatic N) is 2. The summed E-state index contributed by atoms with van der Waals surface area (Å²) in [5, 5.41) is 0. The Morgan fingerprint density at radius 3 is 1.48 bits per heavy atom. The molecule has 0 aliphatic heterocycles. The van der Waals surface area contributed by atoms with Gasteiger partial charge in [0.25, 0.3) is 0 Å². The van der Waals surface area contributed by atoms with Crippen molar-refractivity contribution in [3.8, 4) is 0 Å². The van der Waals surface area contributed by atoms with E-state index in [1.54, 1.807) is 13.0 Å². The van der Waals surface area contributed by atoms with Crippen molar-refractivity contribution in [1.82, 2.24) is 0 Å². The van der Waals surface area contributed by atoms with Crippen LogP contribution in [0.4, 0.5) is 20.2 Å². The highest BCUT2D eigenvalue weighted by Gasteiger charge is 2.08. The van der Waals surface area contributed by atoms with Crippen molar-refractivity contribution in [2.75, 3.05) is 0 Å². The third kappa shape index (κ3) is 4.90. The minimum atomic E-state index is -4.24. The molecule has 0 atom stereocenters. The van der Waals surface area contributed by atoms with Crippen LogP contribution in [0.15, 0.2) is 76.5 Å². The highest BCUT2D eigenvalue weighted by molar-refractivity contribution is 7.95. The second kappa shape index (κ2) is 7.80. The maximum Gasteiger partial charge on any atom is 0.123 e. The van der Waals surface area contributed by atoms with Gasteiger partial charge < -0.3 is 9.44 Å². The second-order valence-corrected chi connectivity index (χ2v) is 9.24. The fourth-order valence-electron chi connectivity index (χ4n) is 2.36. The molecule has 0 saturated carbocycles. The van der Waals surface area contributed by atoms with Gasteiger partial charge in [0.15, 0.2) is 0 Å². The molecule has 0 unspecified atom stereocenters. The molecular weight excluding hydrogens is 422 g/mol. The smallest absolute Gasteiger partial charge is 0.123 e. The van der Waals surface area contributed by atoms with Crippen LogP contribution in [0.25, 0.3) is 9.44 Å². The molecular formula is C19H14F2N2O4S2-2. The van der Waals surface area contributed by atoms with E-state index in [1.165, 1.54) is 12.1 Å². The van der Waals surface area contributed by atoms with Gasteiger partial charge in [0, 0.05) is 0 Å². The van der Waals surface area contributed by atoms with Gasteiger partial charge in [-0.25, -0.2) is 25.6 Å². The van der Waals surface area contributed by atoms with Gasteiger partial charge in [0.2, 0.25) is 0 Å². The highest BCUT2D eigenvalue weighted by Crippen LogP contribution is 2.41. The lowest BCUT2D eigenvalue weighted by Gasteiger charge is -2.33. The molecule has 3 aromatic carbocycles. The van der Waals surface area contributed by atoms with Crippen LogP contribution in [0.3, 0.4) is 0 Å². The van der Waals surface area contributed by atoms with Crippen LogP contribution in [0.5, 0.6) is 0 Å². The number of rotatable bonds is 6. The SMILES string of the molecule is Cc1ccc([N-]S(=O)(=O)c2ccc(F)cc2)c([N-]S(=O)(=O)c2ccc(F)cc2)c1. The van der Waals surface area contributed by atoms with Crippen molar-refractivity contribution in [2.24, 2.45) is 0 Å². The first-order valence-corrected chi connectivity index (χ1v) is 11.0. The molecule has 29 heavy (non-hydrogen) atoms. The van der Waals surface area contributed by atoms with Gasteiger partial charge in [-0.3, -0.25) is 0 Å². The van der Waals surface area contributed by atoms with E-state index in [0.717, 1.165) is 48.5 Å². The van der Waals surface area contributed by atoms with Gasteiger partial charge >= 0.3 is 0 Å². The maximum absolute atomic E-state index is 13.1. The number of hydrogen-bond acceptors (Lipinski definition) is 4. The molecule has 152 valence electrons. The number of hydrogen-bond donors (Lipinski definition) is 0. The molecule has 0 spiro atoms. The third-order valence-electron chi connectivity index (χ3n) is 3.79. The van der Waals surface area contributed by atoms with E-state index in [9.17, 15) is 25.6 Å². The minimum absolute atomic E-state index is 0.194. The van der Waals surface area contributed by atoms with Gasteiger partial charge in [-0.15, -0.1) is 11.4 Å². The molecule has 0 amide bonds. The third-order valence-corrected chi connectivity index (χ3v) is 6.40. The Labute approximate surface area is 167 Å². The first kappa shape index (κ1) is 20.7. The molecule has 10 heteroatoms. The lowest BCUT2D eigenvalue weighted by atomic mass is 10.2. The molecule has 0 bridgehead atoms. The lowest BCUT2D eigenvalue weighted by Crippen LogP contribution is -2.00. The topological polar surface area (TPSA) is 96.5 Å². The summed E-state index contributed by atoms with van der Waals surface area (Å²) in [4.78, 5) is -0.514. The fraction of sp³-hybridized carbons (Fsp3) is 0.0526. The largest absolute Gasteiger partial charge is 0.574 e. The zero-order valence-corrected chi connectivity index (χ0v) is 16.6. The average molecular weight is 436 g/mol. The minimum Gasteiger partial charge on any atom is -0.574 e. The number of halogens is 2. The molecule has 0 saturated heterocycles. The number of sulfonamides is 2. The molecule has 0 heterocycles. The van der Waals surface area contributed by atoms with Crippen molar-refractivity contribution >= 4 is 31.4 Å². The summed E-state index contributed by atoms with van der Waals surface area (Å²) in [6, 6.07) is 12.3. The Hall–Kier alpha value is -2.98. The summed E-state index contributed by atoms with van der Waals surface area (Å²) in [5.74, 6) is -1.22. The van der Waals surface area contributed by atoms with Crippen LogP contribution in [0, 0.1) is 18.6 Å². The number of benzene rings is 3. The van der Waals surface area contributed by atoms with Crippen LogP contribution in [-0.2, 0) is 20.0 Å². The molecule has 3 aromatic rings. The molecule has 0 radical (unpaired) electrons. The second-order valence-electron chi connectivity index (χ2n) is 6.03. The fourth-order valence-corrected chi connectivity index (χ4v) is 4.35. The normalized spacial score (nSPS) is 11.8. The molecule has 0 aliphatic rings. The summed E-state index contributed by atoms with van der Waals surface area (Å²) in [5.41, 5.74) is 0.224. The van der Waals surface area contributed by atoms with E-state index >= 15 is 0 Å². The number of aryl methyl sites for hydroxylation is 1. The van der Waals surface area contributed by atoms with Crippen molar-refractivity contribution in [3.05, 3.63) is 93.4 Å². The molecule has 0 fully saturated rings. The van der Waals surface area contributed by atoms with Gasteiger partial charge in [0.1, 0.15) is 31.7 Å². The van der Waals surface area contributed by atoms with E-state index in [0.29, 0.717) is 5.56 Å². The maximum atomic E-state index is 13.1. The zero-order chi connectivity index (χ0) is 21.2. The summed E-state index contributed by atoms with van der Waals surface area (Å²) in [7, 11) is -8.48. The molecule has 0 N–H and O–H groups in total. The van der Waals surface area contributed by atoms with Gasteiger partial charge in [0.05, 0.1) is 9.79 Å². The van der Waals surface area contributed by atoms with E-state index in [4.69, 9.17) is 0 Å². The highest BCUT2D eigenvalue weighted by atomic mass is 32.2. The van der Waals surface area contributed by atoms with E-state index < -0.39 is 31.7 Å². The van der Waals surface area contributed by atoms with Gasteiger partial charge in [-0.1, -0.05) is 23.8 Å². The Morgan fingerprint density at radius 1 is 0.621 bits per heavy atom. The summed E-state index contributed by atoms with van der Waals surface area (Å²) in [6.07, 6.45) is 0. The first-order chi connectivity index (χ1) is 13.6. The Kier molecular flexibility index (Phi) is 5.58. The Bertz CT molecular complexity index is 1240.